The molecule has 0 aliphatic rings. The van der Waals surface area contributed by atoms with Gasteiger partial charge in [-0.1, -0.05) is 35.5 Å². The number of aliphatic imine (C=N–C) groups is 1. The van der Waals surface area contributed by atoms with E-state index in [-0.39, 0.29) is 30.5 Å². The van der Waals surface area contributed by atoms with Crippen LogP contribution in [0, 0.1) is 6.92 Å². The third-order valence-electron chi connectivity index (χ3n) is 3.28. The average molecular weight is 445 g/mol. The number of hydrogen-bond donors (Lipinski definition) is 3. The molecular formula is C16H24IN5O2. The van der Waals surface area contributed by atoms with Crippen molar-refractivity contribution in [2.75, 3.05) is 13.1 Å². The van der Waals surface area contributed by atoms with Gasteiger partial charge in [-0.2, -0.15) is 4.98 Å². The number of halogens is 1. The van der Waals surface area contributed by atoms with Crippen molar-refractivity contribution in [2.45, 2.75) is 32.9 Å². The molecule has 0 radical (unpaired) electrons. The van der Waals surface area contributed by atoms with Gasteiger partial charge in [0.2, 0.25) is 5.89 Å². The zero-order chi connectivity index (χ0) is 16.7. The zero-order valence-electron chi connectivity index (χ0n) is 14.1. The quantitative estimate of drug-likeness (QED) is 0.358. The van der Waals surface area contributed by atoms with Gasteiger partial charge in [0.15, 0.2) is 11.8 Å². The van der Waals surface area contributed by atoms with E-state index in [0.717, 1.165) is 5.56 Å². The van der Waals surface area contributed by atoms with Gasteiger partial charge in [0.1, 0.15) is 12.1 Å². The second-order valence-corrected chi connectivity index (χ2v) is 5.42. The van der Waals surface area contributed by atoms with E-state index >= 15 is 0 Å². The van der Waals surface area contributed by atoms with E-state index in [1.165, 1.54) is 0 Å². The molecule has 3 N–H and O–H groups in total. The molecule has 132 valence electrons. The Bertz CT molecular complexity index is 643. The van der Waals surface area contributed by atoms with E-state index in [0.29, 0.717) is 30.8 Å². The third kappa shape index (κ3) is 6.08. The van der Waals surface area contributed by atoms with Crippen molar-refractivity contribution in [3.05, 3.63) is 47.6 Å². The number of guanidine groups is 1. The standard InChI is InChI=1S/C16H23N5O2.HI/c1-4-17-15(18-10-14-20-12(2)21-23-14)19-11-16(3,22)13-8-6-5-7-9-13;/h5-9,22H,4,10-11H2,1-3H3,(H2,17,18,19);1H. The average Bonchev–Trinajstić information content (AvgIpc) is 2.96. The number of hydrogen-bond acceptors (Lipinski definition) is 5. The molecule has 0 aliphatic carbocycles. The number of rotatable bonds is 6. The summed E-state index contributed by atoms with van der Waals surface area (Å²) in [5.74, 6) is 1.62. The molecule has 0 bridgehead atoms. The minimum Gasteiger partial charge on any atom is -0.384 e. The Morgan fingerprint density at radius 2 is 2.00 bits per heavy atom. The molecule has 24 heavy (non-hydrogen) atoms. The SMILES string of the molecule is CCNC(=NCc1nc(C)no1)NCC(C)(O)c1ccccc1.I. The third-order valence-corrected chi connectivity index (χ3v) is 3.28. The largest absolute Gasteiger partial charge is 0.384 e. The van der Waals surface area contributed by atoms with Crippen LogP contribution >= 0.6 is 24.0 Å². The van der Waals surface area contributed by atoms with Crippen molar-refractivity contribution >= 4 is 29.9 Å². The van der Waals surface area contributed by atoms with Gasteiger partial charge in [-0.3, -0.25) is 0 Å². The fraction of sp³-hybridized carbons (Fsp3) is 0.438. The first-order valence-electron chi connectivity index (χ1n) is 7.60. The van der Waals surface area contributed by atoms with Gasteiger partial charge >= 0.3 is 0 Å². The molecular weight excluding hydrogens is 421 g/mol. The van der Waals surface area contributed by atoms with Crippen LogP contribution in [0.5, 0.6) is 0 Å². The van der Waals surface area contributed by atoms with Crippen molar-refractivity contribution in [3.8, 4) is 0 Å². The van der Waals surface area contributed by atoms with Crippen LogP contribution in [0.25, 0.3) is 0 Å². The molecule has 1 unspecified atom stereocenters. The lowest BCUT2D eigenvalue weighted by Gasteiger charge is -2.25. The van der Waals surface area contributed by atoms with E-state index in [1.807, 2.05) is 37.3 Å². The molecule has 2 aromatic rings. The van der Waals surface area contributed by atoms with Gasteiger partial charge in [0.25, 0.3) is 0 Å². The topological polar surface area (TPSA) is 95.6 Å². The van der Waals surface area contributed by atoms with Gasteiger partial charge in [0, 0.05) is 6.54 Å². The smallest absolute Gasteiger partial charge is 0.248 e. The fourth-order valence-electron chi connectivity index (χ4n) is 2.05. The molecule has 0 fully saturated rings. The Hall–Kier alpha value is -1.68. The van der Waals surface area contributed by atoms with Gasteiger partial charge < -0.3 is 20.3 Å². The summed E-state index contributed by atoms with van der Waals surface area (Å²) in [6.07, 6.45) is 0. The molecule has 1 aromatic heterocycles. The monoisotopic (exact) mass is 445 g/mol. The normalized spacial score (nSPS) is 13.8. The van der Waals surface area contributed by atoms with Crippen LogP contribution in [0.2, 0.25) is 0 Å². The van der Waals surface area contributed by atoms with Gasteiger partial charge in [-0.25, -0.2) is 4.99 Å². The molecule has 1 heterocycles. The summed E-state index contributed by atoms with van der Waals surface area (Å²) in [4.78, 5) is 8.49. The molecule has 1 atom stereocenters. The van der Waals surface area contributed by atoms with Crippen LogP contribution in [0.15, 0.2) is 39.8 Å². The lowest BCUT2D eigenvalue weighted by Crippen LogP contribution is -2.44. The molecule has 0 aliphatic heterocycles. The molecule has 0 saturated carbocycles. The number of nitrogens with one attached hydrogen (secondary N) is 2. The first-order valence-corrected chi connectivity index (χ1v) is 7.60. The van der Waals surface area contributed by atoms with Crippen LogP contribution in [0.1, 0.15) is 31.1 Å². The molecule has 0 amide bonds. The molecule has 8 heteroatoms. The van der Waals surface area contributed by atoms with E-state index in [4.69, 9.17) is 4.52 Å². The minimum absolute atomic E-state index is 0. The Labute approximate surface area is 159 Å². The summed E-state index contributed by atoms with van der Waals surface area (Å²) in [5.41, 5.74) is -0.158. The van der Waals surface area contributed by atoms with E-state index < -0.39 is 5.60 Å². The Morgan fingerprint density at radius 3 is 2.58 bits per heavy atom. The number of aryl methyl sites for hydroxylation is 1. The summed E-state index contributed by atoms with van der Waals surface area (Å²) < 4.78 is 5.03. The van der Waals surface area contributed by atoms with Crippen LogP contribution in [-0.4, -0.2) is 34.3 Å². The van der Waals surface area contributed by atoms with E-state index in [1.54, 1.807) is 13.8 Å². The highest BCUT2D eigenvalue weighted by molar-refractivity contribution is 14.0. The lowest BCUT2D eigenvalue weighted by atomic mass is 9.96. The maximum absolute atomic E-state index is 10.6. The highest BCUT2D eigenvalue weighted by Crippen LogP contribution is 2.18. The lowest BCUT2D eigenvalue weighted by molar-refractivity contribution is 0.0617. The van der Waals surface area contributed by atoms with Crippen LogP contribution < -0.4 is 10.6 Å². The number of aliphatic hydroxyl groups is 1. The summed E-state index contributed by atoms with van der Waals surface area (Å²) in [5, 5.41) is 20.6. The van der Waals surface area contributed by atoms with E-state index in [2.05, 4.69) is 25.8 Å². The van der Waals surface area contributed by atoms with Crippen molar-refractivity contribution in [3.63, 3.8) is 0 Å². The van der Waals surface area contributed by atoms with Gasteiger partial charge in [-0.15, -0.1) is 24.0 Å². The molecule has 2 rings (SSSR count). The Balaban J connectivity index is 0.00000288. The minimum atomic E-state index is -1.00. The van der Waals surface area contributed by atoms with Gasteiger partial charge in [0.05, 0.1) is 6.54 Å². The van der Waals surface area contributed by atoms with E-state index in [9.17, 15) is 5.11 Å². The zero-order valence-corrected chi connectivity index (χ0v) is 16.4. The van der Waals surface area contributed by atoms with Crippen molar-refractivity contribution in [2.24, 2.45) is 4.99 Å². The summed E-state index contributed by atoms with van der Waals surface area (Å²) >= 11 is 0. The van der Waals surface area contributed by atoms with Gasteiger partial charge in [-0.05, 0) is 26.3 Å². The predicted octanol–water partition coefficient (Wildman–Crippen LogP) is 1.96. The number of benzene rings is 1. The van der Waals surface area contributed by atoms with Crippen LogP contribution in [-0.2, 0) is 12.1 Å². The molecule has 1 aromatic carbocycles. The van der Waals surface area contributed by atoms with Crippen molar-refractivity contribution in [1.29, 1.82) is 0 Å². The van der Waals surface area contributed by atoms with Crippen LogP contribution in [0.3, 0.4) is 0 Å². The maximum atomic E-state index is 10.6. The summed E-state index contributed by atoms with van der Waals surface area (Å²) in [6, 6.07) is 9.52. The molecule has 0 saturated heterocycles. The van der Waals surface area contributed by atoms with Crippen molar-refractivity contribution in [1.82, 2.24) is 20.8 Å². The molecule has 7 nitrogen and oxygen atoms in total. The highest BCUT2D eigenvalue weighted by atomic mass is 127. The fourth-order valence-corrected chi connectivity index (χ4v) is 2.05. The molecule has 0 spiro atoms. The number of nitrogens with zero attached hydrogens (tertiary/aromatic N) is 3. The first-order chi connectivity index (χ1) is 11.0. The second-order valence-electron chi connectivity index (χ2n) is 5.42. The van der Waals surface area contributed by atoms with Crippen LogP contribution in [0.4, 0.5) is 0 Å². The predicted molar refractivity (Wildman–Crippen MR) is 103 cm³/mol. The summed E-state index contributed by atoms with van der Waals surface area (Å²) in [6.45, 7) is 6.82. The highest BCUT2D eigenvalue weighted by Gasteiger charge is 2.22. The number of aromatic nitrogens is 2. The second kappa shape index (κ2) is 9.58. The van der Waals surface area contributed by atoms with Crippen molar-refractivity contribution < 1.29 is 9.63 Å². The maximum Gasteiger partial charge on any atom is 0.248 e. The first kappa shape index (κ1) is 20.4. The summed E-state index contributed by atoms with van der Waals surface area (Å²) in [7, 11) is 0. The Morgan fingerprint density at radius 1 is 1.29 bits per heavy atom. The Kier molecular flexibility index (Phi) is 8.13.